The van der Waals surface area contributed by atoms with Gasteiger partial charge in [0.05, 0.1) is 18.2 Å². The van der Waals surface area contributed by atoms with E-state index in [2.05, 4.69) is 15.3 Å². The average molecular weight is 386 g/mol. The number of aliphatic imine (C=N–C) groups is 1. The standard InChI is InChI=1S/C16H17F3N4O2S/c17-16(18,19)13-9-26-14(23-13)4-5-21-15(20)22-10-2-3-11-12(8-10)25-7-1-6-24-11/h2-3,8-9H,1,4-7H2,(H3,20,21,22). The molecule has 1 aromatic heterocycles. The second-order valence-electron chi connectivity index (χ2n) is 5.48. The molecule has 0 aliphatic carbocycles. The number of hydrogen-bond acceptors (Lipinski definition) is 5. The van der Waals surface area contributed by atoms with Crippen molar-refractivity contribution in [3.8, 4) is 11.5 Å². The maximum Gasteiger partial charge on any atom is 0.434 e. The van der Waals surface area contributed by atoms with Crippen LogP contribution in [0.4, 0.5) is 18.9 Å². The lowest BCUT2D eigenvalue weighted by molar-refractivity contribution is -0.140. The third-order valence-corrected chi connectivity index (χ3v) is 4.38. The molecule has 0 bridgehead atoms. The van der Waals surface area contributed by atoms with Gasteiger partial charge in [0.1, 0.15) is 0 Å². The maximum atomic E-state index is 12.5. The van der Waals surface area contributed by atoms with E-state index >= 15 is 0 Å². The van der Waals surface area contributed by atoms with E-state index in [0.29, 0.717) is 35.4 Å². The van der Waals surface area contributed by atoms with Gasteiger partial charge in [0.25, 0.3) is 0 Å². The third kappa shape index (κ3) is 4.78. The highest BCUT2D eigenvalue weighted by Gasteiger charge is 2.33. The molecule has 1 aromatic carbocycles. The Labute approximate surface area is 151 Å². The summed E-state index contributed by atoms with van der Waals surface area (Å²) in [6.45, 7) is 1.41. The molecule has 2 heterocycles. The van der Waals surface area contributed by atoms with Gasteiger partial charge in [-0.05, 0) is 12.1 Å². The van der Waals surface area contributed by atoms with Crippen molar-refractivity contribution < 1.29 is 22.6 Å². The minimum absolute atomic E-state index is 0.159. The lowest BCUT2D eigenvalue weighted by Gasteiger charge is -2.10. The number of thiazole rings is 1. The molecule has 0 fully saturated rings. The topological polar surface area (TPSA) is 81.8 Å². The summed E-state index contributed by atoms with van der Waals surface area (Å²) in [6.07, 6.45) is -3.33. The molecule has 0 radical (unpaired) electrons. The van der Waals surface area contributed by atoms with Crippen LogP contribution >= 0.6 is 11.3 Å². The van der Waals surface area contributed by atoms with Crippen LogP contribution in [0.15, 0.2) is 28.6 Å². The Morgan fingerprint density at radius 2 is 2.04 bits per heavy atom. The second kappa shape index (κ2) is 7.81. The Bertz CT molecular complexity index is 792. The molecular weight excluding hydrogens is 369 g/mol. The summed E-state index contributed by atoms with van der Waals surface area (Å²) < 4.78 is 48.7. The van der Waals surface area contributed by atoms with Crippen LogP contribution in [0.5, 0.6) is 11.5 Å². The Morgan fingerprint density at radius 1 is 1.27 bits per heavy atom. The second-order valence-corrected chi connectivity index (χ2v) is 6.42. The van der Waals surface area contributed by atoms with Gasteiger partial charge in [-0.1, -0.05) is 0 Å². The fourth-order valence-electron chi connectivity index (χ4n) is 2.26. The van der Waals surface area contributed by atoms with Gasteiger partial charge in [-0.25, -0.2) is 4.98 Å². The van der Waals surface area contributed by atoms with Crippen LogP contribution in [-0.2, 0) is 12.6 Å². The van der Waals surface area contributed by atoms with Crippen LogP contribution in [0.2, 0.25) is 0 Å². The molecule has 0 saturated carbocycles. The summed E-state index contributed by atoms with van der Waals surface area (Å²) in [5.41, 5.74) is 5.63. The van der Waals surface area contributed by atoms with Crippen molar-refractivity contribution in [2.75, 3.05) is 25.1 Å². The molecule has 6 nitrogen and oxygen atoms in total. The summed E-state index contributed by atoms with van der Waals surface area (Å²) in [5.74, 6) is 1.46. The van der Waals surface area contributed by atoms with Crippen molar-refractivity contribution in [3.63, 3.8) is 0 Å². The molecule has 2 aromatic rings. The number of aromatic nitrogens is 1. The molecular formula is C16H17F3N4O2S. The molecule has 1 aliphatic rings. The lowest BCUT2D eigenvalue weighted by Crippen LogP contribution is -2.23. The van der Waals surface area contributed by atoms with Gasteiger partial charge in [-0.2, -0.15) is 13.2 Å². The highest BCUT2D eigenvalue weighted by Crippen LogP contribution is 2.32. The summed E-state index contributed by atoms with van der Waals surface area (Å²) in [7, 11) is 0. The molecule has 3 rings (SSSR count). The van der Waals surface area contributed by atoms with Crippen LogP contribution < -0.4 is 20.5 Å². The quantitative estimate of drug-likeness (QED) is 0.623. The number of nitrogens with one attached hydrogen (secondary N) is 1. The molecule has 140 valence electrons. The number of anilines is 1. The van der Waals surface area contributed by atoms with Gasteiger partial charge in [0.2, 0.25) is 0 Å². The van der Waals surface area contributed by atoms with E-state index in [1.165, 1.54) is 0 Å². The fraction of sp³-hybridized carbons (Fsp3) is 0.375. The molecule has 3 N–H and O–H groups in total. The Kier molecular flexibility index (Phi) is 5.50. The smallest absolute Gasteiger partial charge is 0.434 e. The van der Waals surface area contributed by atoms with Crippen molar-refractivity contribution in [2.24, 2.45) is 10.7 Å². The molecule has 0 saturated heterocycles. The van der Waals surface area contributed by atoms with Crippen molar-refractivity contribution in [2.45, 2.75) is 19.0 Å². The van der Waals surface area contributed by atoms with Gasteiger partial charge >= 0.3 is 6.18 Å². The average Bonchev–Trinajstić information content (AvgIpc) is 2.94. The fourth-order valence-corrected chi connectivity index (χ4v) is 3.05. The Balaban J connectivity index is 1.55. The highest BCUT2D eigenvalue weighted by atomic mass is 32.1. The number of ether oxygens (including phenoxy) is 2. The van der Waals surface area contributed by atoms with Crippen LogP contribution in [0, 0.1) is 0 Å². The van der Waals surface area contributed by atoms with Crippen LogP contribution in [0.25, 0.3) is 0 Å². The lowest BCUT2D eigenvalue weighted by atomic mass is 10.3. The maximum absolute atomic E-state index is 12.5. The molecule has 26 heavy (non-hydrogen) atoms. The first-order valence-electron chi connectivity index (χ1n) is 7.90. The van der Waals surface area contributed by atoms with E-state index in [-0.39, 0.29) is 18.9 Å². The first kappa shape index (κ1) is 18.3. The first-order valence-corrected chi connectivity index (χ1v) is 8.78. The molecule has 10 heteroatoms. The van der Waals surface area contributed by atoms with E-state index in [4.69, 9.17) is 15.2 Å². The van der Waals surface area contributed by atoms with E-state index in [1.807, 2.05) is 0 Å². The van der Waals surface area contributed by atoms with Gasteiger partial charge in [-0.3, -0.25) is 4.99 Å². The highest BCUT2D eigenvalue weighted by molar-refractivity contribution is 7.09. The SMILES string of the molecule is NC(=NCCc1nc(C(F)(F)F)cs1)Nc1ccc2c(c1)OCCCO2. The minimum atomic E-state index is -4.42. The number of benzene rings is 1. The molecule has 0 atom stereocenters. The molecule has 0 unspecified atom stereocenters. The predicted octanol–water partition coefficient (Wildman–Crippen LogP) is 3.29. The van der Waals surface area contributed by atoms with Crippen LogP contribution in [0.3, 0.4) is 0 Å². The number of guanidine groups is 1. The number of rotatable bonds is 4. The normalized spacial score (nSPS) is 14.8. The van der Waals surface area contributed by atoms with Gasteiger partial charge in [-0.15, -0.1) is 11.3 Å². The minimum Gasteiger partial charge on any atom is -0.490 e. The van der Waals surface area contributed by atoms with E-state index in [1.54, 1.807) is 18.2 Å². The summed E-state index contributed by atoms with van der Waals surface area (Å²) >= 11 is 0.957. The zero-order chi connectivity index (χ0) is 18.6. The number of alkyl halides is 3. The number of fused-ring (bicyclic) bond motifs is 1. The number of halogens is 3. The van der Waals surface area contributed by atoms with Gasteiger partial charge in [0, 0.05) is 36.5 Å². The van der Waals surface area contributed by atoms with Crippen LogP contribution in [0.1, 0.15) is 17.1 Å². The van der Waals surface area contributed by atoms with Crippen molar-refractivity contribution >= 4 is 23.0 Å². The monoisotopic (exact) mass is 386 g/mol. The molecule has 0 spiro atoms. The first-order chi connectivity index (χ1) is 12.4. The van der Waals surface area contributed by atoms with Crippen molar-refractivity contribution in [1.29, 1.82) is 0 Å². The van der Waals surface area contributed by atoms with E-state index in [0.717, 1.165) is 23.1 Å². The number of nitrogens with two attached hydrogens (primary N) is 1. The Hall–Kier alpha value is -2.49. The van der Waals surface area contributed by atoms with E-state index < -0.39 is 11.9 Å². The number of nitrogens with zero attached hydrogens (tertiary/aromatic N) is 2. The van der Waals surface area contributed by atoms with Gasteiger partial charge in [0.15, 0.2) is 23.2 Å². The summed E-state index contributed by atoms with van der Waals surface area (Å²) in [4.78, 5) is 7.67. The van der Waals surface area contributed by atoms with Crippen molar-refractivity contribution in [3.05, 3.63) is 34.3 Å². The number of hydrogen-bond donors (Lipinski definition) is 2. The molecule has 0 amide bonds. The van der Waals surface area contributed by atoms with E-state index in [9.17, 15) is 13.2 Å². The van der Waals surface area contributed by atoms with Crippen LogP contribution in [-0.4, -0.2) is 30.7 Å². The third-order valence-electron chi connectivity index (χ3n) is 3.47. The Morgan fingerprint density at radius 3 is 2.77 bits per heavy atom. The molecule has 1 aliphatic heterocycles. The van der Waals surface area contributed by atoms with Gasteiger partial charge < -0.3 is 20.5 Å². The van der Waals surface area contributed by atoms with Crippen molar-refractivity contribution in [1.82, 2.24) is 4.98 Å². The largest absolute Gasteiger partial charge is 0.490 e. The predicted molar refractivity (Wildman–Crippen MR) is 93.0 cm³/mol. The summed E-state index contributed by atoms with van der Waals surface area (Å²) in [6, 6.07) is 5.33. The zero-order valence-electron chi connectivity index (χ0n) is 13.7. The zero-order valence-corrected chi connectivity index (χ0v) is 14.5. The summed E-state index contributed by atoms with van der Waals surface area (Å²) in [5, 5.41) is 4.29.